The van der Waals surface area contributed by atoms with Crippen LogP contribution in [0.2, 0.25) is 0 Å². The van der Waals surface area contributed by atoms with E-state index in [1.165, 1.54) is 0 Å². The second-order valence-electron chi connectivity index (χ2n) is 6.06. The van der Waals surface area contributed by atoms with Crippen molar-refractivity contribution < 1.29 is 19.4 Å². The van der Waals surface area contributed by atoms with Crippen LogP contribution in [-0.2, 0) is 14.3 Å². The molecule has 5 heteroatoms. The Morgan fingerprint density at radius 2 is 1.83 bits per heavy atom. The van der Waals surface area contributed by atoms with Crippen LogP contribution in [0.4, 0.5) is 0 Å². The number of aliphatic hydroxyl groups is 1. The zero-order valence-electron chi connectivity index (χ0n) is 14.0. The van der Waals surface area contributed by atoms with Gasteiger partial charge in [0.1, 0.15) is 0 Å². The molecule has 0 aliphatic carbocycles. The van der Waals surface area contributed by atoms with Crippen LogP contribution < -0.4 is 0 Å². The van der Waals surface area contributed by atoms with Crippen LogP contribution in [0.5, 0.6) is 0 Å². The minimum absolute atomic E-state index is 0.0860. The molecule has 2 rings (SSSR count). The fourth-order valence-corrected chi connectivity index (χ4v) is 2.47. The van der Waals surface area contributed by atoms with E-state index in [9.17, 15) is 14.7 Å². The second kappa shape index (κ2) is 6.96. The number of carbonyl (C=O) groups is 2. The molecule has 1 N–H and O–H groups in total. The van der Waals surface area contributed by atoms with E-state index in [0.717, 1.165) is 16.0 Å². The first-order valence-corrected chi connectivity index (χ1v) is 7.81. The van der Waals surface area contributed by atoms with Gasteiger partial charge in [0.05, 0.1) is 11.7 Å². The van der Waals surface area contributed by atoms with E-state index in [1.54, 1.807) is 6.07 Å². The highest BCUT2D eigenvalue weighted by atomic mass is 16.5. The van der Waals surface area contributed by atoms with Gasteiger partial charge in [-0.15, -0.1) is 0 Å². The molecular weight excluding hydrogens is 294 g/mol. The Kier molecular flexibility index (Phi) is 5.21. The number of nitrogens with zero attached hydrogens (tertiary/aromatic N) is 1. The van der Waals surface area contributed by atoms with Crippen molar-refractivity contribution in [1.29, 1.82) is 0 Å². The molecule has 0 spiro atoms. The number of hydrogen-bond acceptors (Lipinski definition) is 4. The van der Waals surface area contributed by atoms with Gasteiger partial charge in [-0.1, -0.05) is 18.2 Å². The van der Waals surface area contributed by atoms with Gasteiger partial charge in [-0.25, -0.2) is 0 Å². The fraction of sp³-hybridized carbons (Fsp3) is 0.444. The lowest BCUT2D eigenvalue weighted by molar-refractivity contribution is -0.138. The van der Waals surface area contributed by atoms with Gasteiger partial charge in [0.2, 0.25) is 0 Å². The van der Waals surface area contributed by atoms with Gasteiger partial charge in [-0.2, -0.15) is 0 Å². The topological polar surface area (TPSA) is 66.8 Å². The Labute approximate surface area is 136 Å². The number of imide groups is 1. The summed E-state index contributed by atoms with van der Waals surface area (Å²) in [4.78, 5) is 25.7. The number of aliphatic hydroxyl groups excluding tert-OH is 1. The first-order chi connectivity index (χ1) is 10.8. The molecule has 0 fully saturated rings. The summed E-state index contributed by atoms with van der Waals surface area (Å²) in [7, 11) is 0. The van der Waals surface area contributed by atoms with E-state index >= 15 is 0 Å². The maximum atomic E-state index is 12.5. The number of carbonyl (C=O) groups excluding carboxylic acids is 2. The monoisotopic (exact) mass is 317 g/mol. The van der Waals surface area contributed by atoms with E-state index in [-0.39, 0.29) is 18.2 Å². The average molecular weight is 317 g/mol. The largest absolute Gasteiger partial charge is 0.502 e. The lowest BCUT2D eigenvalue weighted by Gasteiger charge is -2.15. The van der Waals surface area contributed by atoms with Crippen LogP contribution in [0.3, 0.4) is 0 Å². The molecule has 0 aromatic heterocycles. The normalized spacial score (nSPS) is 15.3. The van der Waals surface area contributed by atoms with Gasteiger partial charge in [-0.05, 0) is 50.8 Å². The minimum atomic E-state index is -0.632. The number of rotatable bonds is 6. The molecule has 0 atom stereocenters. The third-order valence-corrected chi connectivity index (χ3v) is 3.92. The highest BCUT2D eigenvalue weighted by molar-refractivity contribution is 6.34. The fourth-order valence-electron chi connectivity index (χ4n) is 2.47. The van der Waals surface area contributed by atoms with Crippen LogP contribution >= 0.6 is 0 Å². The predicted octanol–water partition coefficient (Wildman–Crippen LogP) is 2.76. The molecule has 1 aromatic carbocycles. The third kappa shape index (κ3) is 3.62. The number of benzene rings is 1. The molecule has 0 bridgehead atoms. The molecule has 5 nitrogen and oxygen atoms in total. The average Bonchev–Trinajstić information content (AvgIpc) is 2.69. The molecule has 1 aliphatic heterocycles. The Morgan fingerprint density at radius 3 is 2.43 bits per heavy atom. The Hall–Kier alpha value is -2.14. The highest BCUT2D eigenvalue weighted by Gasteiger charge is 2.38. The summed E-state index contributed by atoms with van der Waals surface area (Å²) in [6.07, 6.45) is 0.654. The van der Waals surface area contributed by atoms with Crippen LogP contribution in [0.1, 0.15) is 37.0 Å². The van der Waals surface area contributed by atoms with Crippen molar-refractivity contribution in [2.45, 2.75) is 40.2 Å². The third-order valence-electron chi connectivity index (χ3n) is 3.92. The summed E-state index contributed by atoms with van der Waals surface area (Å²) in [6.45, 7) is 8.46. The lowest BCUT2D eigenvalue weighted by atomic mass is 10.00. The standard InChI is InChI=1S/C18H23NO4/c1-11(2)23-9-5-8-19-17(21)15(16(20)18(19)22)14-7-6-12(3)13(4)10-14/h6-7,10-11,20H,5,8-9H2,1-4H3. The maximum Gasteiger partial charge on any atom is 0.296 e. The van der Waals surface area contributed by atoms with Crippen molar-refractivity contribution in [2.24, 2.45) is 0 Å². The van der Waals surface area contributed by atoms with Gasteiger partial charge in [0.15, 0.2) is 5.76 Å². The van der Waals surface area contributed by atoms with Crippen molar-refractivity contribution in [3.8, 4) is 0 Å². The van der Waals surface area contributed by atoms with Crippen molar-refractivity contribution in [3.05, 3.63) is 40.6 Å². The molecule has 1 heterocycles. The number of hydrogen-bond donors (Lipinski definition) is 1. The predicted molar refractivity (Wildman–Crippen MR) is 87.9 cm³/mol. The summed E-state index contributed by atoms with van der Waals surface area (Å²) in [5, 5.41) is 10.1. The number of aryl methyl sites for hydroxylation is 2. The van der Waals surface area contributed by atoms with Gasteiger partial charge < -0.3 is 9.84 Å². The van der Waals surface area contributed by atoms with Crippen LogP contribution in [0.25, 0.3) is 5.57 Å². The van der Waals surface area contributed by atoms with E-state index < -0.39 is 17.6 Å². The lowest BCUT2D eigenvalue weighted by Crippen LogP contribution is -2.33. The molecule has 0 unspecified atom stereocenters. The Bertz CT molecular complexity index is 661. The zero-order valence-corrected chi connectivity index (χ0v) is 14.0. The van der Waals surface area contributed by atoms with Crippen molar-refractivity contribution in [1.82, 2.24) is 4.90 Å². The molecule has 0 saturated heterocycles. The van der Waals surface area contributed by atoms with Gasteiger partial charge in [0, 0.05) is 13.2 Å². The molecule has 23 heavy (non-hydrogen) atoms. The Balaban J connectivity index is 2.14. The Morgan fingerprint density at radius 1 is 1.13 bits per heavy atom. The molecule has 2 amide bonds. The molecule has 1 aliphatic rings. The summed E-state index contributed by atoms with van der Waals surface area (Å²) >= 11 is 0. The van der Waals surface area contributed by atoms with E-state index in [1.807, 2.05) is 39.8 Å². The molecule has 0 radical (unpaired) electrons. The van der Waals surface area contributed by atoms with Gasteiger partial charge in [0.25, 0.3) is 11.8 Å². The minimum Gasteiger partial charge on any atom is -0.502 e. The molecular formula is C18H23NO4. The number of amides is 2. The number of ether oxygens (including phenoxy) is 1. The van der Waals surface area contributed by atoms with E-state index in [0.29, 0.717) is 18.6 Å². The summed E-state index contributed by atoms with van der Waals surface area (Å²) in [5.74, 6) is -1.55. The van der Waals surface area contributed by atoms with Gasteiger partial charge >= 0.3 is 0 Å². The van der Waals surface area contributed by atoms with Gasteiger partial charge in [-0.3, -0.25) is 14.5 Å². The zero-order chi connectivity index (χ0) is 17.1. The molecule has 124 valence electrons. The van der Waals surface area contributed by atoms with Crippen LogP contribution in [0, 0.1) is 13.8 Å². The summed E-state index contributed by atoms with van der Waals surface area (Å²) < 4.78 is 5.41. The summed E-state index contributed by atoms with van der Waals surface area (Å²) in [6, 6.07) is 5.45. The first kappa shape index (κ1) is 17.2. The van der Waals surface area contributed by atoms with Crippen molar-refractivity contribution >= 4 is 17.4 Å². The van der Waals surface area contributed by atoms with E-state index in [4.69, 9.17) is 4.74 Å². The van der Waals surface area contributed by atoms with Crippen molar-refractivity contribution in [3.63, 3.8) is 0 Å². The second-order valence-corrected chi connectivity index (χ2v) is 6.06. The smallest absolute Gasteiger partial charge is 0.296 e. The highest BCUT2D eigenvalue weighted by Crippen LogP contribution is 2.29. The van der Waals surface area contributed by atoms with Crippen molar-refractivity contribution in [2.75, 3.05) is 13.2 Å². The molecule has 0 saturated carbocycles. The quantitative estimate of drug-likeness (QED) is 0.647. The maximum absolute atomic E-state index is 12.5. The SMILES string of the molecule is Cc1ccc(C2=C(O)C(=O)N(CCCOC(C)C)C2=O)cc1C. The van der Waals surface area contributed by atoms with E-state index in [2.05, 4.69) is 0 Å². The molecule has 1 aromatic rings. The summed E-state index contributed by atoms with van der Waals surface area (Å²) in [5.41, 5.74) is 2.76. The van der Waals surface area contributed by atoms with Crippen LogP contribution in [-0.4, -0.2) is 41.1 Å². The first-order valence-electron chi connectivity index (χ1n) is 7.81. The van der Waals surface area contributed by atoms with Crippen LogP contribution in [0.15, 0.2) is 24.0 Å².